The Hall–Kier alpha value is -2.72. The van der Waals surface area contributed by atoms with Crippen LogP contribution in [-0.4, -0.2) is 34.5 Å². The fraction of sp³-hybridized carbons (Fsp3) is 0.273. The summed E-state index contributed by atoms with van der Waals surface area (Å²) in [7, 11) is 0. The average molecular weight is 346 g/mol. The lowest BCUT2D eigenvalue weighted by atomic mass is 9.84. The Morgan fingerprint density at radius 1 is 1.12 bits per heavy atom. The molecule has 1 aliphatic rings. The Morgan fingerprint density at radius 2 is 1.85 bits per heavy atom. The van der Waals surface area contributed by atoms with Gasteiger partial charge in [0.05, 0.1) is 6.54 Å². The molecular weight excluding hydrogens is 324 g/mol. The molecule has 2 aromatic carbocycles. The van der Waals surface area contributed by atoms with Gasteiger partial charge in [-0.25, -0.2) is 0 Å². The van der Waals surface area contributed by atoms with Crippen molar-refractivity contribution in [1.82, 2.24) is 9.88 Å². The van der Waals surface area contributed by atoms with E-state index in [9.17, 15) is 9.59 Å². The Kier molecular flexibility index (Phi) is 4.43. The molecule has 0 unspecified atom stereocenters. The van der Waals surface area contributed by atoms with E-state index in [2.05, 4.69) is 9.88 Å². The highest BCUT2D eigenvalue weighted by Crippen LogP contribution is 2.34. The molecule has 1 N–H and O–H groups in total. The van der Waals surface area contributed by atoms with Crippen LogP contribution in [0, 0.1) is 5.92 Å². The van der Waals surface area contributed by atoms with E-state index in [1.807, 2.05) is 61.5 Å². The lowest BCUT2D eigenvalue weighted by Crippen LogP contribution is -2.44. The Labute approximate surface area is 152 Å². The predicted octanol–water partition coefficient (Wildman–Crippen LogP) is 4.00. The molecule has 1 aromatic heterocycles. The van der Waals surface area contributed by atoms with Gasteiger partial charge in [0.25, 0.3) is 0 Å². The molecule has 132 valence electrons. The number of aromatic nitrogens is 1. The Balaban J connectivity index is 1.63. The molecule has 0 radical (unpaired) electrons. The number of H-pyrrole nitrogens is 1. The third-order valence-corrected chi connectivity index (χ3v) is 5.40. The molecule has 2 atom stereocenters. The van der Waals surface area contributed by atoms with Crippen LogP contribution in [0.25, 0.3) is 10.9 Å². The lowest BCUT2D eigenvalue weighted by Gasteiger charge is -2.39. The molecule has 1 saturated heterocycles. The van der Waals surface area contributed by atoms with E-state index in [1.165, 1.54) is 0 Å². The van der Waals surface area contributed by atoms with Crippen molar-refractivity contribution >= 4 is 22.5 Å². The van der Waals surface area contributed by atoms with Crippen LogP contribution in [0.1, 0.15) is 35.3 Å². The van der Waals surface area contributed by atoms with Crippen LogP contribution >= 0.6 is 0 Å². The van der Waals surface area contributed by atoms with Gasteiger partial charge >= 0.3 is 0 Å². The fourth-order valence-electron chi connectivity index (χ4n) is 4.01. The number of fused-ring (bicyclic) bond motifs is 1. The van der Waals surface area contributed by atoms with E-state index in [0.717, 1.165) is 22.0 Å². The molecule has 4 heteroatoms. The first-order valence-electron chi connectivity index (χ1n) is 9.06. The van der Waals surface area contributed by atoms with Gasteiger partial charge in [-0.05, 0) is 11.6 Å². The quantitative estimate of drug-likeness (QED) is 0.727. The number of carbonyl (C=O) groups is 2. The number of nitrogens with one attached hydrogen (secondary N) is 1. The molecule has 0 aliphatic carbocycles. The van der Waals surface area contributed by atoms with Crippen LogP contribution < -0.4 is 0 Å². The second-order valence-electron chi connectivity index (χ2n) is 7.00. The summed E-state index contributed by atoms with van der Waals surface area (Å²) >= 11 is 0. The van der Waals surface area contributed by atoms with Gasteiger partial charge in [0, 0.05) is 47.6 Å². The van der Waals surface area contributed by atoms with Crippen molar-refractivity contribution in [3.63, 3.8) is 0 Å². The zero-order valence-electron chi connectivity index (χ0n) is 14.8. The number of benzene rings is 2. The van der Waals surface area contributed by atoms with Crippen molar-refractivity contribution in [3.05, 3.63) is 71.9 Å². The summed E-state index contributed by atoms with van der Waals surface area (Å²) in [5.41, 5.74) is 2.79. The highest BCUT2D eigenvalue weighted by molar-refractivity contribution is 6.08. The molecule has 4 nitrogen and oxygen atoms in total. The second-order valence-corrected chi connectivity index (χ2v) is 7.00. The minimum absolute atomic E-state index is 0.0494. The number of piperidine rings is 1. The summed E-state index contributed by atoms with van der Waals surface area (Å²) in [6, 6.07) is 17.8. The van der Waals surface area contributed by atoms with Gasteiger partial charge in [0.1, 0.15) is 5.78 Å². The van der Waals surface area contributed by atoms with Crippen LogP contribution in [0.15, 0.2) is 60.8 Å². The number of aromatic amines is 1. The minimum Gasteiger partial charge on any atom is -0.360 e. The van der Waals surface area contributed by atoms with E-state index in [4.69, 9.17) is 0 Å². The van der Waals surface area contributed by atoms with Gasteiger partial charge in [-0.3, -0.25) is 14.5 Å². The molecule has 0 saturated carbocycles. The summed E-state index contributed by atoms with van der Waals surface area (Å²) in [6.45, 7) is 2.91. The van der Waals surface area contributed by atoms with Crippen molar-refractivity contribution in [1.29, 1.82) is 0 Å². The standard InChI is InChI=1S/C22H22N2O2/c1-15-20(25)11-12-24(22(15)16-7-3-2-4-8-16)14-21(26)18-13-23-19-10-6-5-9-17(18)19/h2-10,13,15,22-23H,11-12,14H2,1H3/t15-,22-/m1/s1. The Morgan fingerprint density at radius 3 is 2.65 bits per heavy atom. The molecule has 0 spiro atoms. The van der Waals surface area contributed by atoms with Gasteiger partial charge in [-0.2, -0.15) is 0 Å². The highest BCUT2D eigenvalue weighted by atomic mass is 16.1. The summed E-state index contributed by atoms with van der Waals surface area (Å²) in [4.78, 5) is 30.6. The van der Waals surface area contributed by atoms with E-state index in [1.54, 1.807) is 6.20 Å². The van der Waals surface area contributed by atoms with Crippen LogP contribution in [0.2, 0.25) is 0 Å². The minimum atomic E-state index is -0.109. The van der Waals surface area contributed by atoms with Crippen molar-refractivity contribution < 1.29 is 9.59 Å². The fourth-order valence-corrected chi connectivity index (χ4v) is 4.01. The molecule has 2 heterocycles. The first-order valence-corrected chi connectivity index (χ1v) is 9.06. The molecule has 1 aliphatic heterocycles. The van der Waals surface area contributed by atoms with Gasteiger partial charge in [0.2, 0.25) is 0 Å². The zero-order chi connectivity index (χ0) is 18.1. The normalized spacial score (nSPS) is 21.2. The lowest BCUT2D eigenvalue weighted by molar-refractivity contribution is -0.128. The molecule has 26 heavy (non-hydrogen) atoms. The van der Waals surface area contributed by atoms with Crippen LogP contribution in [0.5, 0.6) is 0 Å². The number of rotatable bonds is 4. The molecule has 4 rings (SSSR count). The number of nitrogens with zero attached hydrogens (tertiary/aromatic N) is 1. The number of Topliss-reactive ketones (excluding diaryl/α,β-unsaturated/α-hetero) is 2. The summed E-state index contributed by atoms with van der Waals surface area (Å²) in [5, 5.41) is 0.954. The maximum Gasteiger partial charge on any atom is 0.178 e. The van der Waals surface area contributed by atoms with E-state index in [0.29, 0.717) is 19.5 Å². The number of hydrogen-bond acceptors (Lipinski definition) is 3. The van der Waals surface area contributed by atoms with E-state index < -0.39 is 0 Å². The second kappa shape index (κ2) is 6.89. The third-order valence-electron chi connectivity index (χ3n) is 5.40. The first-order chi connectivity index (χ1) is 12.6. The van der Waals surface area contributed by atoms with Gasteiger partial charge < -0.3 is 4.98 Å². The Bertz CT molecular complexity index is 945. The number of hydrogen-bond donors (Lipinski definition) is 1. The molecule has 1 fully saturated rings. The van der Waals surface area contributed by atoms with Crippen LogP contribution in [-0.2, 0) is 4.79 Å². The maximum absolute atomic E-state index is 13.0. The highest BCUT2D eigenvalue weighted by Gasteiger charge is 2.36. The van der Waals surface area contributed by atoms with Crippen LogP contribution in [0.4, 0.5) is 0 Å². The summed E-state index contributed by atoms with van der Waals surface area (Å²) in [5.74, 6) is 0.251. The topological polar surface area (TPSA) is 53.2 Å². The van der Waals surface area contributed by atoms with Crippen molar-refractivity contribution in [2.24, 2.45) is 5.92 Å². The largest absolute Gasteiger partial charge is 0.360 e. The third kappa shape index (κ3) is 2.97. The maximum atomic E-state index is 13.0. The number of ketones is 2. The van der Waals surface area contributed by atoms with Crippen molar-refractivity contribution in [2.75, 3.05) is 13.1 Å². The van der Waals surface area contributed by atoms with Crippen LogP contribution in [0.3, 0.4) is 0 Å². The van der Waals surface area contributed by atoms with Gasteiger partial charge in [0.15, 0.2) is 5.78 Å². The monoisotopic (exact) mass is 346 g/mol. The zero-order valence-corrected chi connectivity index (χ0v) is 14.8. The smallest absolute Gasteiger partial charge is 0.178 e. The average Bonchev–Trinajstić information content (AvgIpc) is 3.10. The molecule has 3 aromatic rings. The predicted molar refractivity (Wildman–Crippen MR) is 102 cm³/mol. The van der Waals surface area contributed by atoms with Crippen molar-refractivity contribution in [3.8, 4) is 0 Å². The van der Waals surface area contributed by atoms with E-state index >= 15 is 0 Å². The molecular formula is C22H22N2O2. The number of likely N-dealkylation sites (tertiary alicyclic amines) is 1. The summed E-state index contributed by atoms with van der Waals surface area (Å²) in [6.07, 6.45) is 2.30. The molecule has 0 bridgehead atoms. The van der Waals surface area contributed by atoms with Gasteiger partial charge in [-0.1, -0.05) is 55.5 Å². The SMILES string of the molecule is C[C@@H]1C(=O)CCN(CC(=O)c2c[nH]c3ccccc23)[C@H]1c1ccccc1. The molecule has 0 amide bonds. The van der Waals surface area contributed by atoms with Gasteiger partial charge in [-0.15, -0.1) is 0 Å². The van der Waals surface area contributed by atoms with E-state index in [-0.39, 0.29) is 23.5 Å². The summed E-state index contributed by atoms with van der Waals surface area (Å²) < 4.78 is 0. The van der Waals surface area contributed by atoms with Crippen molar-refractivity contribution in [2.45, 2.75) is 19.4 Å². The number of para-hydroxylation sites is 1. The first kappa shape index (κ1) is 16.7. The number of carbonyl (C=O) groups excluding carboxylic acids is 2.